The molecule has 2 amide bonds. The first-order valence-electron chi connectivity index (χ1n) is 9.78. The summed E-state index contributed by atoms with van der Waals surface area (Å²) in [4.78, 5) is 44.8. The Kier molecular flexibility index (Phi) is 4.84. The normalized spacial score (nSPS) is 13.2. The van der Waals surface area contributed by atoms with Crippen molar-refractivity contribution in [1.29, 1.82) is 0 Å². The van der Waals surface area contributed by atoms with Gasteiger partial charge in [-0.1, -0.05) is 53.0 Å². The van der Waals surface area contributed by atoms with E-state index in [1.54, 1.807) is 48.5 Å². The quantitative estimate of drug-likeness (QED) is 0.394. The molecule has 0 aliphatic carbocycles. The molecule has 0 bridgehead atoms. The van der Waals surface area contributed by atoms with Gasteiger partial charge < -0.3 is 0 Å². The van der Waals surface area contributed by atoms with Gasteiger partial charge >= 0.3 is 0 Å². The third-order valence-electron chi connectivity index (χ3n) is 5.45. The van der Waals surface area contributed by atoms with E-state index in [1.807, 2.05) is 19.1 Å². The lowest BCUT2D eigenvalue weighted by Gasteiger charge is -2.15. The van der Waals surface area contributed by atoms with Crippen molar-refractivity contribution in [2.45, 2.75) is 13.5 Å². The third kappa shape index (κ3) is 3.20. The summed E-state index contributed by atoms with van der Waals surface area (Å²) < 4.78 is 1.38. The number of fused-ring (bicyclic) bond motifs is 2. The van der Waals surface area contributed by atoms with Crippen molar-refractivity contribution in [3.63, 3.8) is 0 Å². The average molecular weight is 464 g/mol. The molecule has 1 aromatic heterocycles. The summed E-state index contributed by atoms with van der Waals surface area (Å²) in [5.74, 6) is -0.970. The summed E-state index contributed by atoms with van der Waals surface area (Å²) in [6.07, 6.45) is 0. The van der Waals surface area contributed by atoms with Gasteiger partial charge in [-0.05, 0) is 43.3 Å². The van der Waals surface area contributed by atoms with Crippen LogP contribution in [0.2, 0.25) is 10.0 Å². The van der Waals surface area contributed by atoms with Crippen LogP contribution in [0, 0.1) is 6.92 Å². The van der Waals surface area contributed by atoms with Gasteiger partial charge in [0.1, 0.15) is 5.82 Å². The van der Waals surface area contributed by atoms with Crippen LogP contribution in [-0.4, -0.2) is 32.2 Å². The summed E-state index contributed by atoms with van der Waals surface area (Å²) in [5, 5.41) is 0.559. The molecular formula is C24H15Cl2N3O3. The smallest absolute Gasteiger partial charge is 0.263 e. The Hall–Kier alpha value is -3.48. The molecule has 5 rings (SSSR count). The molecule has 1 aliphatic rings. The minimum atomic E-state index is -0.428. The second-order valence-electron chi connectivity index (χ2n) is 7.53. The van der Waals surface area contributed by atoms with Gasteiger partial charge in [0.05, 0.1) is 38.8 Å². The van der Waals surface area contributed by atoms with E-state index in [0.29, 0.717) is 32.7 Å². The van der Waals surface area contributed by atoms with Crippen molar-refractivity contribution in [1.82, 2.24) is 14.5 Å². The third-order valence-corrected chi connectivity index (χ3v) is 6.17. The molecule has 0 saturated carbocycles. The Bertz CT molecular complexity index is 1410. The molecule has 158 valence electrons. The van der Waals surface area contributed by atoms with Crippen molar-refractivity contribution in [2.75, 3.05) is 0 Å². The van der Waals surface area contributed by atoms with Crippen LogP contribution in [0.5, 0.6) is 0 Å². The van der Waals surface area contributed by atoms with Crippen molar-refractivity contribution >= 4 is 52.0 Å². The highest BCUT2D eigenvalue weighted by molar-refractivity contribution is 6.42. The van der Waals surface area contributed by atoms with Crippen LogP contribution in [0.4, 0.5) is 0 Å². The zero-order chi connectivity index (χ0) is 22.6. The van der Waals surface area contributed by atoms with E-state index >= 15 is 0 Å². The minimum absolute atomic E-state index is 0.173. The van der Waals surface area contributed by atoms with E-state index in [0.717, 1.165) is 10.5 Å². The Morgan fingerprint density at radius 2 is 1.50 bits per heavy atom. The Balaban J connectivity index is 1.64. The molecule has 8 heteroatoms. The molecular weight excluding hydrogens is 449 g/mol. The second-order valence-corrected chi connectivity index (χ2v) is 8.35. The standard InChI is InChI=1S/C24H15Cl2N3O3/c1-13-6-8-14(9-7-13)22(30)29-20-11-18(26)17(25)10-19(20)27-21(29)12-28-23(31)15-4-2-3-5-16(15)24(28)32/h2-11H,12H2,1H3. The maximum Gasteiger partial charge on any atom is 0.263 e. The molecule has 0 N–H and O–H groups in total. The highest BCUT2D eigenvalue weighted by Gasteiger charge is 2.36. The van der Waals surface area contributed by atoms with E-state index in [-0.39, 0.29) is 23.3 Å². The van der Waals surface area contributed by atoms with Crippen LogP contribution < -0.4 is 0 Å². The summed E-state index contributed by atoms with van der Waals surface area (Å²) in [6.45, 7) is 1.75. The van der Waals surface area contributed by atoms with Gasteiger partial charge in [0.2, 0.25) is 0 Å². The molecule has 6 nitrogen and oxygen atoms in total. The molecule has 3 aromatic carbocycles. The number of rotatable bonds is 3. The number of nitrogens with zero attached hydrogens (tertiary/aromatic N) is 3. The zero-order valence-corrected chi connectivity index (χ0v) is 18.3. The van der Waals surface area contributed by atoms with Crippen molar-refractivity contribution in [3.8, 4) is 0 Å². The topological polar surface area (TPSA) is 72.3 Å². The summed E-state index contributed by atoms with van der Waals surface area (Å²) in [7, 11) is 0. The maximum atomic E-state index is 13.5. The minimum Gasteiger partial charge on any atom is -0.269 e. The number of hydrogen-bond donors (Lipinski definition) is 0. The number of hydrogen-bond acceptors (Lipinski definition) is 4. The van der Waals surface area contributed by atoms with Gasteiger partial charge in [-0.25, -0.2) is 4.98 Å². The van der Waals surface area contributed by atoms with E-state index in [2.05, 4.69) is 4.98 Å². The Morgan fingerprint density at radius 3 is 2.12 bits per heavy atom. The van der Waals surface area contributed by atoms with Crippen molar-refractivity contribution in [2.24, 2.45) is 0 Å². The van der Waals surface area contributed by atoms with Gasteiger partial charge in [0.15, 0.2) is 0 Å². The number of amides is 2. The van der Waals surface area contributed by atoms with Crippen LogP contribution in [-0.2, 0) is 6.54 Å². The largest absolute Gasteiger partial charge is 0.269 e. The molecule has 1 aliphatic heterocycles. The first-order chi connectivity index (χ1) is 15.3. The number of benzene rings is 3. The SMILES string of the molecule is Cc1ccc(C(=O)n2c(CN3C(=O)c4ccccc4C3=O)nc3cc(Cl)c(Cl)cc32)cc1. The van der Waals surface area contributed by atoms with Crippen molar-refractivity contribution < 1.29 is 14.4 Å². The summed E-state index contributed by atoms with van der Waals surface area (Å²) in [6, 6.07) is 16.8. The van der Waals surface area contributed by atoms with Crippen LogP contribution in [0.1, 0.15) is 42.5 Å². The molecule has 0 radical (unpaired) electrons. The molecule has 0 atom stereocenters. The molecule has 0 saturated heterocycles. The first kappa shape index (κ1) is 20.4. The fourth-order valence-corrected chi connectivity index (χ4v) is 4.12. The predicted octanol–water partition coefficient (Wildman–Crippen LogP) is 5.14. The molecule has 2 heterocycles. The number of aromatic nitrogens is 2. The second kappa shape index (κ2) is 7.58. The Labute approximate surface area is 193 Å². The summed E-state index contributed by atoms with van der Waals surface area (Å²) in [5.41, 5.74) is 2.98. The molecule has 0 unspecified atom stereocenters. The van der Waals surface area contributed by atoms with E-state index in [4.69, 9.17) is 23.2 Å². The molecule has 4 aromatic rings. The number of imide groups is 1. The first-order valence-corrected chi connectivity index (χ1v) is 10.5. The van der Waals surface area contributed by atoms with E-state index < -0.39 is 11.8 Å². The van der Waals surface area contributed by atoms with Crippen molar-refractivity contribution in [3.05, 3.63) is 98.8 Å². The van der Waals surface area contributed by atoms with Crippen LogP contribution in [0.15, 0.2) is 60.7 Å². The van der Waals surface area contributed by atoms with Crippen LogP contribution in [0.25, 0.3) is 11.0 Å². The zero-order valence-electron chi connectivity index (χ0n) is 16.8. The fourth-order valence-electron chi connectivity index (χ4n) is 3.80. The van der Waals surface area contributed by atoms with Gasteiger partial charge in [-0.3, -0.25) is 23.9 Å². The van der Waals surface area contributed by atoms with Crippen LogP contribution in [0.3, 0.4) is 0 Å². The van der Waals surface area contributed by atoms with Gasteiger partial charge in [0, 0.05) is 5.56 Å². The summed E-state index contributed by atoms with van der Waals surface area (Å²) >= 11 is 12.4. The fraction of sp³-hybridized carbons (Fsp3) is 0.0833. The average Bonchev–Trinajstić information content (AvgIpc) is 3.24. The van der Waals surface area contributed by atoms with Gasteiger partial charge in [-0.15, -0.1) is 0 Å². The molecule has 32 heavy (non-hydrogen) atoms. The highest BCUT2D eigenvalue weighted by atomic mass is 35.5. The molecule has 0 spiro atoms. The highest BCUT2D eigenvalue weighted by Crippen LogP contribution is 2.30. The Morgan fingerprint density at radius 1 is 0.906 bits per heavy atom. The predicted molar refractivity (Wildman–Crippen MR) is 121 cm³/mol. The maximum absolute atomic E-state index is 13.5. The van der Waals surface area contributed by atoms with Gasteiger partial charge in [-0.2, -0.15) is 0 Å². The van der Waals surface area contributed by atoms with Gasteiger partial charge in [0.25, 0.3) is 17.7 Å². The van der Waals surface area contributed by atoms with E-state index in [1.165, 1.54) is 4.57 Å². The van der Waals surface area contributed by atoms with Crippen LogP contribution >= 0.6 is 23.2 Å². The number of imidazole rings is 1. The monoisotopic (exact) mass is 463 g/mol. The number of carbonyl (C=O) groups excluding carboxylic acids is 3. The lowest BCUT2D eigenvalue weighted by molar-refractivity contribution is 0.0633. The number of aryl methyl sites for hydroxylation is 1. The number of halogens is 2. The lowest BCUT2D eigenvalue weighted by atomic mass is 10.1. The molecule has 0 fully saturated rings. The number of carbonyl (C=O) groups is 3. The van der Waals surface area contributed by atoms with E-state index in [9.17, 15) is 14.4 Å². The lowest BCUT2D eigenvalue weighted by Crippen LogP contribution is -2.31.